The van der Waals surface area contributed by atoms with E-state index in [1.165, 1.54) is 12.0 Å². The van der Waals surface area contributed by atoms with Gasteiger partial charge in [-0.3, -0.25) is 4.90 Å². The van der Waals surface area contributed by atoms with E-state index in [0.29, 0.717) is 17.0 Å². The van der Waals surface area contributed by atoms with Crippen LogP contribution in [0.1, 0.15) is 11.1 Å². The Hall–Kier alpha value is -2.56. The lowest BCUT2D eigenvalue weighted by Crippen LogP contribution is -2.34. The summed E-state index contributed by atoms with van der Waals surface area (Å²) in [5, 5.41) is 0. The molecule has 1 aliphatic heterocycles. The summed E-state index contributed by atoms with van der Waals surface area (Å²) in [5.74, 6) is 0.503. The summed E-state index contributed by atoms with van der Waals surface area (Å²) in [6, 6.07) is 14.5. The van der Waals surface area contributed by atoms with Crippen LogP contribution in [-0.2, 0) is 10.3 Å². The Kier molecular flexibility index (Phi) is 3.94. The summed E-state index contributed by atoms with van der Waals surface area (Å²) in [6.07, 6.45) is -0.558. The molecule has 4 nitrogen and oxygen atoms in total. The van der Waals surface area contributed by atoms with E-state index < -0.39 is 18.4 Å². The molecule has 2 aromatic rings. The van der Waals surface area contributed by atoms with Crippen molar-refractivity contribution < 1.29 is 18.7 Å². The molecule has 0 N–H and O–H groups in total. The van der Waals surface area contributed by atoms with Crippen molar-refractivity contribution in [3.8, 4) is 5.75 Å². The number of aryl methyl sites for hydroxylation is 1. The van der Waals surface area contributed by atoms with Gasteiger partial charge in [0.1, 0.15) is 12.4 Å². The van der Waals surface area contributed by atoms with E-state index in [-0.39, 0.29) is 6.54 Å². The molecular weight excluding hydrogens is 297 g/mol. The SMILES string of the molecule is COc1ccccc1[C@]1(CF)CN(c2ccc(C)cc2)C(=O)O1. The molecule has 1 aliphatic rings. The summed E-state index contributed by atoms with van der Waals surface area (Å²) in [7, 11) is 1.51. The van der Waals surface area contributed by atoms with Gasteiger partial charge in [-0.2, -0.15) is 0 Å². The van der Waals surface area contributed by atoms with E-state index in [2.05, 4.69) is 0 Å². The number of hydrogen-bond donors (Lipinski definition) is 0. The number of nitrogens with zero attached hydrogens (tertiary/aromatic N) is 1. The number of amides is 1. The number of carbonyl (C=O) groups is 1. The van der Waals surface area contributed by atoms with Crippen LogP contribution in [0.25, 0.3) is 0 Å². The lowest BCUT2D eigenvalue weighted by Gasteiger charge is -2.25. The first-order valence-corrected chi connectivity index (χ1v) is 7.36. The van der Waals surface area contributed by atoms with E-state index in [4.69, 9.17) is 9.47 Å². The molecule has 3 rings (SSSR count). The number of para-hydroxylation sites is 1. The first-order chi connectivity index (χ1) is 11.1. The number of benzene rings is 2. The molecule has 1 fully saturated rings. The quantitative estimate of drug-likeness (QED) is 0.861. The molecule has 1 amide bonds. The van der Waals surface area contributed by atoms with Crippen LogP contribution >= 0.6 is 0 Å². The topological polar surface area (TPSA) is 38.8 Å². The van der Waals surface area contributed by atoms with E-state index in [9.17, 15) is 9.18 Å². The Bertz CT molecular complexity index is 716. The molecule has 0 radical (unpaired) electrons. The number of hydrogen-bond acceptors (Lipinski definition) is 3. The minimum atomic E-state index is -1.35. The van der Waals surface area contributed by atoms with Crippen LogP contribution in [0.15, 0.2) is 48.5 Å². The van der Waals surface area contributed by atoms with Crippen molar-refractivity contribution in [3.63, 3.8) is 0 Å². The van der Waals surface area contributed by atoms with Crippen LogP contribution in [0, 0.1) is 6.92 Å². The third-order valence-electron chi connectivity index (χ3n) is 4.08. The fourth-order valence-electron chi connectivity index (χ4n) is 2.80. The molecule has 0 saturated carbocycles. The Labute approximate surface area is 134 Å². The predicted molar refractivity (Wildman–Crippen MR) is 85.7 cm³/mol. The van der Waals surface area contributed by atoms with Gasteiger partial charge in [-0.05, 0) is 25.1 Å². The monoisotopic (exact) mass is 315 g/mol. The largest absolute Gasteiger partial charge is 0.496 e. The third kappa shape index (κ3) is 2.63. The van der Waals surface area contributed by atoms with Gasteiger partial charge in [0, 0.05) is 11.3 Å². The Balaban J connectivity index is 1.99. The maximum absolute atomic E-state index is 13.9. The molecule has 1 atom stereocenters. The number of methoxy groups -OCH3 is 1. The average molecular weight is 315 g/mol. The molecule has 0 unspecified atom stereocenters. The van der Waals surface area contributed by atoms with E-state index in [1.54, 1.807) is 24.3 Å². The van der Waals surface area contributed by atoms with Crippen LogP contribution in [0.5, 0.6) is 5.75 Å². The Morgan fingerprint density at radius 2 is 1.91 bits per heavy atom. The van der Waals surface area contributed by atoms with Crippen molar-refractivity contribution in [1.82, 2.24) is 0 Å². The van der Waals surface area contributed by atoms with Gasteiger partial charge >= 0.3 is 6.09 Å². The number of alkyl halides is 1. The molecule has 0 bridgehead atoms. The molecule has 120 valence electrons. The van der Waals surface area contributed by atoms with Crippen molar-refractivity contribution in [2.45, 2.75) is 12.5 Å². The number of rotatable bonds is 4. The van der Waals surface area contributed by atoms with E-state index in [1.807, 2.05) is 31.2 Å². The molecule has 0 spiro atoms. The molecule has 0 aliphatic carbocycles. The summed E-state index contributed by atoms with van der Waals surface area (Å²) in [4.78, 5) is 13.8. The second kappa shape index (κ2) is 5.91. The Morgan fingerprint density at radius 3 is 2.57 bits per heavy atom. The first-order valence-electron chi connectivity index (χ1n) is 7.36. The highest BCUT2D eigenvalue weighted by Crippen LogP contribution is 2.40. The number of carbonyl (C=O) groups excluding carboxylic acids is 1. The summed E-state index contributed by atoms with van der Waals surface area (Å²) < 4.78 is 24.7. The third-order valence-corrected chi connectivity index (χ3v) is 4.08. The summed E-state index contributed by atoms with van der Waals surface area (Å²) in [5.41, 5.74) is 0.954. The normalized spacial score (nSPS) is 20.5. The van der Waals surface area contributed by atoms with Crippen LogP contribution in [-0.4, -0.2) is 26.4 Å². The molecule has 5 heteroatoms. The van der Waals surface area contributed by atoms with Gasteiger partial charge in [-0.15, -0.1) is 0 Å². The number of ether oxygens (including phenoxy) is 2. The van der Waals surface area contributed by atoms with Gasteiger partial charge in [-0.1, -0.05) is 35.9 Å². The number of anilines is 1. The fraction of sp³-hybridized carbons (Fsp3) is 0.278. The van der Waals surface area contributed by atoms with Gasteiger partial charge in [0.25, 0.3) is 0 Å². The molecular formula is C18H18FNO3. The zero-order valence-corrected chi connectivity index (χ0v) is 13.1. The van der Waals surface area contributed by atoms with Crippen LogP contribution < -0.4 is 9.64 Å². The van der Waals surface area contributed by atoms with Crippen LogP contribution in [0.4, 0.5) is 14.9 Å². The molecule has 1 heterocycles. The van der Waals surface area contributed by atoms with Crippen LogP contribution in [0.3, 0.4) is 0 Å². The lowest BCUT2D eigenvalue weighted by atomic mass is 9.94. The number of halogens is 1. The lowest BCUT2D eigenvalue weighted by molar-refractivity contribution is 0.0305. The summed E-state index contributed by atoms with van der Waals surface area (Å²) >= 11 is 0. The second-order valence-electron chi connectivity index (χ2n) is 5.62. The maximum Gasteiger partial charge on any atom is 0.415 e. The fourth-order valence-corrected chi connectivity index (χ4v) is 2.80. The highest BCUT2D eigenvalue weighted by molar-refractivity contribution is 5.90. The standard InChI is InChI=1S/C18H18FNO3/c1-13-7-9-14(10-8-13)20-12-18(11-19,23-17(20)21)15-5-3-4-6-16(15)22-2/h3-10H,11-12H2,1-2H3/t18-/m0/s1. The van der Waals surface area contributed by atoms with Gasteiger partial charge in [-0.25, -0.2) is 9.18 Å². The highest BCUT2D eigenvalue weighted by Gasteiger charge is 2.49. The minimum Gasteiger partial charge on any atom is -0.496 e. The summed E-state index contributed by atoms with van der Waals surface area (Å²) in [6.45, 7) is 1.25. The molecule has 0 aromatic heterocycles. The maximum atomic E-state index is 13.9. The van der Waals surface area contributed by atoms with E-state index >= 15 is 0 Å². The zero-order chi connectivity index (χ0) is 16.4. The van der Waals surface area contributed by atoms with Crippen molar-refractivity contribution >= 4 is 11.8 Å². The van der Waals surface area contributed by atoms with Crippen molar-refractivity contribution in [1.29, 1.82) is 0 Å². The number of cyclic esters (lactones) is 1. The molecule has 23 heavy (non-hydrogen) atoms. The molecule has 1 saturated heterocycles. The van der Waals surface area contributed by atoms with Crippen molar-refractivity contribution in [2.24, 2.45) is 0 Å². The van der Waals surface area contributed by atoms with Crippen molar-refractivity contribution in [2.75, 3.05) is 25.2 Å². The smallest absolute Gasteiger partial charge is 0.415 e. The van der Waals surface area contributed by atoms with Crippen LogP contribution in [0.2, 0.25) is 0 Å². The molecule has 2 aromatic carbocycles. The van der Waals surface area contributed by atoms with Crippen molar-refractivity contribution in [3.05, 3.63) is 59.7 Å². The second-order valence-corrected chi connectivity index (χ2v) is 5.62. The average Bonchev–Trinajstić information content (AvgIpc) is 2.93. The zero-order valence-electron chi connectivity index (χ0n) is 13.1. The van der Waals surface area contributed by atoms with Gasteiger partial charge < -0.3 is 9.47 Å². The highest BCUT2D eigenvalue weighted by atomic mass is 19.1. The van der Waals surface area contributed by atoms with Gasteiger partial charge in [0.15, 0.2) is 5.60 Å². The van der Waals surface area contributed by atoms with E-state index in [0.717, 1.165) is 5.56 Å². The minimum absolute atomic E-state index is 0.103. The Morgan fingerprint density at radius 1 is 1.22 bits per heavy atom. The first kappa shape index (κ1) is 15.3. The predicted octanol–water partition coefficient (Wildman–Crippen LogP) is 3.83. The van der Waals surface area contributed by atoms with Gasteiger partial charge in [0.2, 0.25) is 0 Å². The van der Waals surface area contributed by atoms with Gasteiger partial charge in [0.05, 0.1) is 13.7 Å².